The van der Waals surface area contributed by atoms with Crippen molar-refractivity contribution in [2.24, 2.45) is 0 Å². The van der Waals surface area contributed by atoms with Gasteiger partial charge in [0.1, 0.15) is 5.76 Å². The van der Waals surface area contributed by atoms with Gasteiger partial charge in [0, 0.05) is 11.6 Å². The number of hydrogen-bond acceptors (Lipinski definition) is 5. The monoisotopic (exact) mass is 410 g/mol. The topological polar surface area (TPSA) is 73.0 Å². The van der Waals surface area contributed by atoms with Crippen LogP contribution in [0.15, 0.2) is 40.1 Å². The van der Waals surface area contributed by atoms with Crippen molar-refractivity contribution < 1.29 is 9.21 Å². The number of benzene rings is 1. The molecule has 0 saturated carbocycles. The van der Waals surface area contributed by atoms with E-state index in [1.807, 2.05) is 24.5 Å². The Morgan fingerprint density at radius 1 is 1.31 bits per heavy atom. The predicted octanol–water partition coefficient (Wildman–Crippen LogP) is 4.90. The minimum atomic E-state index is -0.203. The van der Waals surface area contributed by atoms with Crippen LogP contribution in [0.4, 0.5) is 5.69 Å². The average molecular weight is 411 g/mol. The third-order valence-corrected chi connectivity index (χ3v) is 5.20. The number of nitrogens with zero attached hydrogens (tertiary/aromatic N) is 3. The lowest BCUT2D eigenvalue weighted by Crippen LogP contribution is -2.15. The number of aryl methyl sites for hydroxylation is 1. The molecule has 2 aromatic heterocycles. The van der Waals surface area contributed by atoms with E-state index in [1.165, 1.54) is 11.8 Å². The number of furan rings is 1. The summed E-state index contributed by atoms with van der Waals surface area (Å²) in [5.41, 5.74) is 1.37. The zero-order valence-corrected chi connectivity index (χ0v) is 16.5. The van der Waals surface area contributed by atoms with E-state index in [0.29, 0.717) is 27.4 Å². The molecule has 6 nitrogen and oxygen atoms in total. The Morgan fingerprint density at radius 3 is 2.81 bits per heavy atom. The van der Waals surface area contributed by atoms with Gasteiger partial charge in [-0.05, 0) is 38.1 Å². The zero-order valence-electron chi connectivity index (χ0n) is 14.1. The van der Waals surface area contributed by atoms with Gasteiger partial charge < -0.3 is 14.3 Å². The molecule has 1 N–H and O–H groups in total. The van der Waals surface area contributed by atoms with Crippen LogP contribution in [0.2, 0.25) is 10.0 Å². The smallest absolute Gasteiger partial charge is 0.234 e. The van der Waals surface area contributed by atoms with E-state index in [1.54, 1.807) is 24.5 Å². The molecule has 1 aromatic carbocycles. The molecule has 0 aliphatic rings. The van der Waals surface area contributed by atoms with Crippen molar-refractivity contribution in [2.45, 2.75) is 25.5 Å². The number of carbonyl (C=O) groups is 1. The number of nitrogens with one attached hydrogen (secondary N) is 1. The summed E-state index contributed by atoms with van der Waals surface area (Å²) in [6.07, 6.45) is 1.62. The maximum absolute atomic E-state index is 12.2. The van der Waals surface area contributed by atoms with Gasteiger partial charge >= 0.3 is 0 Å². The zero-order chi connectivity index (χ0) is 18.7. The van der Waals surface area contributed by atoms with Crippen molar-refractivity contribution in [3.8, 4) is 11.4 Å². The molecule has 0 aliphatic heterocycles. The molecular weight excluding hydrogens is 395 g/mol. The van der Waals surface area contributed by atoms with Crippen molar-refractivity contribution in [1.82, 2.24) is 14.8 Å². The molecule has 3 aromatic rings. The highest BCUT2D eigenvalue weighted by Crippen LogP contribution is 2.28. The summed E-state index contributed by atoms with van der Waals surface area (Å²) in [6, 6.07) is 6.77. The largest absolute Gasteiger partial charge is 0.469 e. The van der Waals surface area contributed by atoms with Crippen LogP contribution in [0.3, 0.4) is 0 Å². The Bertz CT molecular complexity index is 939. The van der Waals surface area contributed by atoms with E-state index in [9.17, 15) is 4.79 Å². The molecule has 0 spiro atoms. The molecule has 0 atom stereocenters. The van der Waals surface area contributed by atoms with E-state index >= 15 is 0 Å². The van der Waals surface area contributed by atoms with Crippen molar-refractivity contribution >= 4 is 46.6 Å². The van der Waals surface area contributed by atoms with Gasteiger partial charge in [-0.2, -0.15) is 0 Å². The molecule has 2 heterocycles. The summed E-state index contributed by atoms with van der Waals surface area (Å²) < 4.78 is 7.28. The van der Waals surface area contributed by atoms with E-state index < -0.39 is 0 Å². The van der Waals surface area contributed by atoms with Gasteiger partial charge in [0.25, 0.3) is 0 Å². The number of anilines is 1. The van der Waals surface area contributed by atoms with Crippen molar-refractivity contribution in [3.05, 3.63) is 46.3 Å². The summed E-state index contributed by atoms with van der Waals surface area (Å²) in [6.45, 7) is 4.55. The lowest BCUT2D eigenvalue weighted by Gasteiger charge is -2.08. The number of thioether (sulfide) groups is 1. The second-order valence-electron chi connectivity index (χ2n) is 5.40. The minimum absolute atomic E-state index is 0.172. The first kappa shape index (κ1) is 18.8. The van der Waals surface area contributed by atoms with Crippen LogP contribution in [0.1, 0.15) is 12.7 Å². The standard InChI is InChI=1S/C17H16Cl2N4O2S/c1-3-23-16(12-6-7-25-10(12)2)21-22-17(23)26-9-15(24)20-14-8-11(18)4-5-13(14)19/h4-8H,3,9H2,1-2H3,(H,20,24). The maximum atomic E-state index is 12.2. The highest BCUT2D eigenvalue weighted by Gasteiger charge is 2.17. The molecule has 0 aliphatic carbocycles. The highest BCUT2D eigenvalue weighted by molar-refractivity contribution is 7.99. The third kappa shape index (κ3) is 4.06. The van der Waals surface area contributed by atoms with E-state index in [0.717, 1.165) is 17.1 Å². The number of carbonyl (C=O) groups excluding carboxylic acids is 1. The Hall–Kier alpha value is -1.96. The van der Waals surface area contributed by atoms with Crippen molar-refractivity contribution in [3.63, 3.8) is 0 Å². The lowest BCUT2D eigenvalue weighted by molar-refractivity contribution is -0.113. The van der Waals surface area contributed by atoms with Gasteiger partial charge in [0.2, 0.25) is 5.91 Å². The SMILES string of the molecule is CCn1c(SCC(=O)Nc2cc(Cl)ccc2Cl)nnc1-c1ccoc1C. The van der Waals surface area contributed by atoms with Gasteiger partial charge in [0.05, 0.1) is 28.3 Å². The van der Waals surface area contributed by atoms with E-state index in [2.05, 4.69) is 15.5 Å². The van der Waals surface area contributed by atoms with Crippen LogP contribution in [0, 0.1) is 6.92 Å². The Labute approximate surface area is 164 Å². The predicted molar refractivity (Wildman–Crippen MR) is 104 cm³/mol. The molecule has 0 bridgehead atoms. The van der Waals surface area contributed by atoms with Gasteiger partial charge in [0.15, 0.2) is 11.0 Å². The van der Waals surface area contributed by atoms with Gasteiger partial charge in [-0.1, -0.05) is 35.0 Å². The average Bonchev–Trinajstić information content (AvgIpc) is 3.21. The van der Waals surface area contributed by atoms with Gasteiger partial charge in [-0.15, -0.1) is 10.2 Å². The molecule has 3 rings (SSSR count). The summed E-state index contributed by atoms with van der Waals surface area (Å²) in [7, 11) is 0. The van der Waals surface area contributed by atoms with Crippen LogP contribution >= 0.6 is 35.0 Å². The number of amides is 1. The third-order valence-electron chi connectivity index (χ3n) is 3.67. The van der Waals surface area contributed by atoms with Crippen molar-refractivity contribution in [2.75, 3.05) is 11.1 Å². The number of halogens is 2. The molecule has 26 heavy (non-hydrogen) atoms. The summed E-state index contributed by atoms with van der Waals surface area (Å²) >= 11 is 13.3. The van der Waals surface area contributed by atoms with Crippen LogP contribution in [-0.4, -0.2) is 26.4 Å². The van der Waals surface area contributed by atoms with Crippen LogP contribution in [0.5, 0.6) is 0 Å². The Balaban J connectivity index is 1.70. The number of rotatable bonds is 6. The first-order chi connectivity index (χ1) is 12.5. The summed E-state index contributed by atoms with van der Waals surface area (Å²) in [5.74, 6) is 1.47. The fourth-order valence-electron chi connectivity index (χ4n) is 2.41. The summed E-state index contributed by atoms with van der Waals surface area (Å²) in [4.78, 5) is 12.2. The first-order valence-electron chi connectivity index (χ1n) is 7.85. The molecule has 0 unspecified atom stereocenters. The van der Waals surface area contributed by atoms with Crippen LogP contribution in [-0.2, 0) is 11.3 Å². The number of hydrogen-bond donors (Lipinski definition) is 1. The van der Waals surface area contributed by atoms with Crippen LogP contribution < -0.4 is 5.32 Å². The van der Waals surface area contributed by atoms with E-state index in [4.69, 9.17) is 27.6 Å². The van der Waals surface area contributed by atoms with E-state index in [-0.39, 0.29) is 11.7 Å². The van der Waals surface area contributed by atoms with Crippen molar-refractivity contribution in [1.29, 1.82) is 0 Å². The Kier molecular flexibility index (Phi) is 5.90. The van der Waals surface area contributed by atoms with Gasteiger partial charge in [-0.25, -0.2) is 0 Å². The number of aromatic nitrogens is 3. The minimum Gasteiger partial charge on any atom is -0.469 e. The molecular formula is C17H16Cl2N4O2S. The maximum Gasteiger partial charge on any atom is 0.234 e. The fraction of sp³-hybridized carbons (Fsp3) is 0.235. The first-order valence-corrected chi connectivity index (χ1v) is 9.59. The molecule has 0 saturated heterocycles. The fourth-order valence-corrected chi connectivity index (χ4v) is 3.55. The molecule has 9 heteroatoms. The normalized spacial score (nSPS) is 10.9. The Morgan fingerprint density at radius 2 is 2.12 bits per heavy atom. The van der Waals surface area contributed by atoms with Crippen LogP contribution in [0.25, 0.3) is 11.4 Å². The molecule has 0 radical (unpaired) electrons. The highest BCUT2D eigenvalue weighted by atomic mass is 35.5. The van der Waals surface area contributed by atoms with Gasteiger partial charge in [-0.3, -0.25) is 4.79 Å². The second-order valence-corrected chi connectivity index (χ2v) is 7.19. The quantitative estimate of drug-likeness (QED) is 0.584. The lowest BCUT2D eigenvalue weighted by atomic mass is 10.2. The molecule has 1 amide bonds. The second kappa shape index (κ2) is 8.16. The molecule has 0 fully saturated rings. The molecule has 136 valence electrons. The summed E-state index contributed by atoms with van der Waals surface area (Å²) in [5, 5.41) is 12.8.